The van der Waals surface area contributed by atoms with Crippen LogP contribution in [0, 0.1) is 12.8 Å². The van der Waals surface area contributed by atoms with Crippen LogP contribution in [0.15, 0.2) is 53.4 Å². The number of ether oxygens (including phenoxy) is 3. The van der Waals surface area contributed by atoms with E-state index >= 15 is 0 Å². The molecule has 268 valence electrons. The van der Waals surface area contributed by atoms with Gasteiger partial charge in [0.15, 0.2) is 0 Å². The fourth-order valence-electron chi connectivity index (χ4n) is 4.68. The van der Waals surface area contributed by atoms with E-state index in [1.54, 1.807) is 86.6 Å². The number of rotatable bonds is 15. The Morgan fingerprint density at radius 3 is 1.67 bits per heavy atom. The molecule has 1 N–H and O–H groups in total. The molecule has 0 radical (unpaired) electrons. The molecule has 1 unspecified atom stereocenters. The Labute approximate surface area is 287 Å². The number of carbonyl (C=O) groups excluding carboxylic acids is 3. The third-order valence-corrected chi connectivity index (χ3v) is 8.17. The van der Waals surface area contributed by atoms with E-state index in [0.29, 0.717) is 32.1 Å². The number of alkyl carbamates (subject to hydrolysis) is 1. The summed E-state index contributed by atoms with van der Waals surface area (Å²) in [6, 6.07) is 13.5. The second-order valence-corrected chi connectivity index (χ2v) is 16.7. The number of aryl methyl sites for hydroxylation is 3. The summed E-state index contributed by atoms with van der Waals surface area (Å²) in [6.07, 6.45) is 2.12. The number of hydrogen-bond acceptors (Lipinski definition) is 9. The van der Waals surface area contributed by atoms with Crippen molar-refractivity contribution in [2.45, 2.75) is 136 Å². The largest absolute Gasteiger partial charge is 0.460 e. The van der Waals surface area contributed by atoms with Crippen LogP contribution in [0.5, 0.6) is 0 Å². The Balaban J connectivity index is 2.02. The molecule has 0 saturated carbocycles. The molecular weight excluding hydrogens is 634 g/mol. The SMILES string of the molecule is Cc1ccc(S(=O)(=O)OCCCc2ccc(CCCC(C[C@H](NC(=O)OC(C)(C)C)C(=O)OC(C)(C)C)C(=O)OC(C)(C)C)cc2)cc1. The van der Waals surface area contributed by atoms with Crippen LogP contribution in [0.25, 0.3) is 0 Å². The van der Waals surface area contributed by atoms with Crippen LogP contribution < -0.4 is 5.32 Å². The molecule has 0 spiro atoms. The van der Waals surface area contributed by atoms with Crippen molar-refractivity contribution in [3.63, 3.8) is 0 Å². The van der Waals surface area contributed by atoms with Crippen molar-refractivity contribution in [1.82, 2.24) is 5.32 Å². The van der Waals surface area contributed by atoms with E-state index in [-0.39, 0.29) is 17.9 Å². The first-order chi connectivity index (χ1) is 22.0. The van der Waals surface area contributed by atoms with Gasteiger partial charge in [0.2, 0.25) is 0 Å². The zero-order valence-corrected chi connectivity index (χ0v) is 31.1. The van der Waals surface area contributed by atoms with Crippen LogP contribution in [0.4, 0.5) is 4.79 Å². The van der Waals surface area contributed by atoms with Gasteiger partial charge in [-0.25, -0.2) is 9.59 Å². The minimum Gasteiger partial charge on any atom is -0.460 e. The average Bonchev–Trinajstić information content (AvgIpc) is 2.92. The maximum absolute atomic E-state index is 13.3. The van der Waals surface area contributed by atoms with E-state index in [4.69, 9.17) is 18.4 Å². The van der Waals surface area contributed by atoms with Crippen molar-refractivity contribution in [3.8, 4) is 0 Å². The van der Waals surface area contributed by atoms with Gasteiger partial charge in [-0.1, -0.05) is 42.0 Å². The molecule has 48 heavy (non-hydrogen) atoms. The van der Waals surface area contributed by atoms with Gasteiger partial charge in [-0.15, -0.1) is 0 Å². The molecule has 11 heteroatoms. The van der Waals surface area contributed by atoms with Gasteiger partial charge in [-0.05, 0) is 131 Å². The highest BCUT2D eigenvalue weighted by Crippen LogP contribution is 2.24. The Kier molecular flexibility index (Phi) is 14.7. The van der Waals surface area contributed by atoms with Gasteiger partial charge in [-0.2, -0.15) is 8.42 Å². The first-order valence-corrected chi connectivity index (χ1v) is 17.9. The zero-order valence-electron chi connectivity index (χ0n) is 30.3. The predicted molar refractivity (Wildman–Crippen MR) is 185 cm³/mol. The summed E-state index contributed by atoms with van der Waals surface area (Å²) >= 11 is 0. The number of carbonyl (C=O) groups is 3. The second-order valence-electron chi connectivity index (χ2n) is 15.1. The first kappa shape index (κ1) is 40.7. The third-order valence-electron chi connectivity index (χ3n) is 6.84. The molecule has 2 rings (SSSR count). The Morgan fingerprint density at radius 1 is 0.688 bits per heavy atom. The fourth-order valence-corrected chi connectivity index (χ4v) is 5.62. The molecule has 0 aliphatic heterocycles. The van der Waals surface area contributed by atoms with Crippen LogP contribution in [-0.4, -0.2) is 55.9 Å². The number of hydrogen-bond donors (Lipinski definition) is 1. The van der Waals surface area contributed by atoms with Crippen molar-refractivity contribution >= 4 is 28.1 Å². The summed E-state index contributed by atoms with van der Waals surface area (Å²) in [5.74, 6) is -1.80. The maximum Gasteiger partial charge on any atom is 0.408 e. The van der Waals surface area contributed by atoms with Gasteiger partial charge in [0, 0.05) is 0 Å². The lowest BCUT2D eigenvalue weighted by Crippen LogP contribution is -2.47. The molecule has 0 bridgehead atoms. The van der Waals surface area contributed by atoms with E-state index in [2.05, 4.69) is 5.32 Å². The standard InChI is InChI=1S/C37H55NO9S/c1-26-16-22-30(23-17-26)48(42,43)44-24-12-14-28-20-18-27(19-21-28)13-11-15-29(32(39)45-35(2,3)4)25-31(33(40)46-36(5,6)7)38-34(41)47-37(8,9)10/h16-23,29,31H,11-15,24-25H2,1-10H3,(H,38,41)/t29?,31-/m0/s1. The number of amides is 1. The third kappa shape index (κ3) is 16.1. The first-order valence-electron chi connectivity index (χ1n) is 16.5. The van der Waals surface area contributed by atoms with Crippen LogP contribution in [0.2, 0.25) is 0 Å². The Hall–Kier alpha value is -3.44. The van der Waals surface area contributed by atoms with E-state index in [1.807, 2.05) is 31.2 Å². The van der Waals surface area contributed by atoms with E-state index < -0.39 is 56.9 Å². The van der Waals surface area contributed by atoms with E-state index in [0.717, 1.165) is 16.7 Å². The monoisotopic (exact) mass is 689 g/mol. The van der Waals surface area contributed by atoms with Crippen molar-refractivity contribution < 1.29 is 41.2 Å². The van der Waals surface area contributed by atoms with Crippen molar-refractivity contribution in [2.75, 3.05) is 6.61 Å². The molecule has 0 aliphatic carbocycles. The van der Waals surface area contributed by atoms with Crippen LogP contribution in [0.3, 0.4) is 0 Å². The predicted octanol–water partition coefficient (Wildman–Crippen LogP) is 7.24. The molecule has 0 aliphatic rings. The Bertz CT molecular complexity index is 1450. The highest BCUT2D eigenvalue weighted by atomic mass is 32.2. The van der Waals surface area contributed by atoms with Gasteiger partial charge >= 0.3 is 18.0 Å². The quantitative estimate of drug-likeness (QED) is 0.0889. The summed E-state index contributed by atoms with van der Waals surface area (Å²) in [7, 11) is -3.79. The van der Waals surface area contributed by atoms with Crippen LogP contribution in [-0.2, 0) is 50.9 Å². The second kappa shape index (κ2) is 17.3. The minimum absolute atomic E-state index is 0.0102. The van der Waals surface area contributed by atoms with Crippen molar-refractivity contribution in [2.24, 2.45) is 5.92 Å². The van der Waals surface area contributed by atoms with Gasteiger partial charge < -0.3 is 19.5 Å². The molecule has 0 saturated heterocycles. The molecule has 0 aromatic heterocycles. The lowest BCUT2D eigenvalue weighted by molar-refractivity contribution is -0.163. The van der Waals surface area contributed by atoms with Gasteiger partial charge in [0.05, 0.1) is 17.4 Å². The minimum atomic E-state index is -3.79. The van der Waals surface area contributed by atoms with Crippen LogP contribution in [0.1, 0.15) is 105 Å². The Morgan fingerprint density at radius 2 is 1.17 bits per heavy atom. The van der Waals surface area contributed by atoms with E-state index in [9.17, 15) is 22.8 Å². The van der Waals surface area contributed by atoms with Crippen molar-refractivity contribution in [3.05, 3.63) is 65.2 Å². The normalized spacial score (nSPS) is 13.7. The summed E-state index contributed by atoms with van der Waals surface area (Å²) < 4.78 is 46.7. The highest BCUT2D eigenvalue weighted by molar-refractivity contribution is 7.86. The fraction of sp³-hybridized carbons (Fsp3) is 0.595. The van der Waals surface area contributed by atoms with Gasteiger partial charge in [0.25, 0.3) is 10.1 Å². The average molecular weight is 690 g/mol. The highest BCUT2D eigenvalue weighted by Gasteiger charge is 2.34. The van der Waals surface area contributed by atoms with Gasteiger partial charge in [0.1, 0.15) is 22.8 Å². The van der Waals surface area contributed by atoms with Crippen molar-refractivity contribution in [1.29, 1.82) is 0 Å². The molecule has 0 heterocycles. The summed E-state index contributed by atoms with van der Waals surface area (Å²) in [4.78, 5) is 39.3. The molecule has 2 aromatic rings. The van der Waals surface area contributed by atoms with E-state index in [1.165, 1.54) is 0 Å². The maximum atomic E-state index is 13.3. The summed E-state index contributed by atoms with van der Waals surface area (Å²) in [5, 5.41) is 2.61. The molecular formula is C37H55NO9S. The molecule has 10 nitrogen and oxygen atoms in total. The van der Waals surface area contributed by atoms with Gasteiger partial charge in [-0.3, -0.25) is 8.98 Å². The number of nitrogens with one attached hydrogen (secondary N) is 1. The number of esters is 2. The van der Waals surface area contributed by atoms with Crippen LogP contribution >= 0.6 is 0 Å². The smallest absolute Gasteiger partial charge is 0.408 e. The molecule has 1 amide bonds. The molecule has 2 atom stereocenters. The molecule has 2 aromatic carbocycles. The molecule has 0 fully saturated rings. The summed E-state index contributed by atoms with van der Waals surface area (Å²) in [5.41, 5.74) is 0.773. The lowest BCUT2D eigenvalue weighted by Gasteiger charge is -2.29. The summed E-state index contributed by atoms with van der Waals surface area (Å²) in [6.45, 7) is 17.7. The lowest BCUT2D eigenvalue weighted by atomic mass is 9.92. The topological polar surface area (TPSA) is 134 Å². The zero-order chi connectivity index (χ0) is 36.3. The number of benzene rings is 2.